The van der Waals surface area contributed by atoms with Crippen LogP contribution in [0.1, 0.15) is 25.6 Å². The van der Waals surface area contributed by atoms with Gasteiger partial charge in [0.25, 0.3) is 0 Å². The van der Waals surface area contributed by atoms with Gasteiger partial charge in [0.15, 0.2) is 5.82 Å². The SMILES string of the molecule is CCOCc1nc(Cl)cc(N2CCCC(N(C)C)C2)n1. The van der Waals surface area contributed by atoms with E-state index in [0.29, 0.717) is 30.2 Å². The Kier molecular flexibility index (Phi) is 5.57. The minimum absolute atomic E-state index is 0.412. The third-order valence-electron chi connectivity index (χ3n) is 3.61. The van der Waals surface area contributed by atoms with Crippen LogP contribution in [0, 0.1) is 0 Å². The third kappa shape index (κ3) is 4.04. The maximum absolute atomic E-state index is 6.10. The third-order valence-corrected chi connectivity index (χ3v) is 3.81. The normalized spacial score (nSPS) is 19.6. The molecule has 2 heterocycles. The number of likely N-dealkylation sites (N-methyl/N-ethyl adjacent to an activating group) is 1. The number of nitrogens with zero attached hydrogens (tertiary/aromatic N) is 4. The average Bonchev–Trinajstić information content (AvgIpc) is 2.44. The van der Waals surface area contributed by atoms with Crippen LogP contribution in [0.2, 0.25) is 5.15 Å². The highest BCUT2D eigenvalue weighted by atomic mass is 35.5. The Labute approximate surface area is 125 Å². The minimum atomic E-state index is 0.412. The highest BCUT2D eigenvalue weighted by Gasteiger charge is 2.23. The number of hydrogen-bond donors (Lipinski definition) is 0. The largest absolute Gasteiger partial charge is 0.374 e. The molecule has 1 aliphatic rings. The average molecular weight is 299 g/mol. The molecule has 1 unspecified atom stereocenters. The summed E-state index contributed by atoms with van der Waals surface area (Å²) in [7, 11) is 4.25. The van der Waals surface area contributed by atoms with Gasteiger partial charge in [0.1, 0.15) is 17.6 Å². The number of anilines is 1. The van der Waals surface area contributed by atoms with E-state index in [4.69, 9.17) is 16.3 Å². The molecule has 1 aliphatic heterocycles. The zero-order chi connectivity index (χ0) is 14.5. The lowest BCUT2D eigenvalue weighted by atomic mass is 10.1. The van der Waals surface area contributed by atoms with Crippen LogP contribution in [-0.4, -0.2) is 54.7 Å². The van der Waals surface area contributed by atoms with E-state index >= 15 is 0 Å². The fourth-order valence-electron chi connectivity index (χ4n) is 2.46. The molecule has 0 saturated carbocycles. The van der Waals surface area contributed by atoms with E-state index in [1.54, 1.807) is 0 Å². The molecule has 0 aliphatic carbocycles. The van der Waals surface area contributed by atoms with Crippen molar-refractivity contribution in [2.75, 3.05) is 38.7 Å². The van der Waals surface area contributed by atoms with Crippen molar-refractivity contribution in [3.05, 3.63) is 17.0 Å². The first kappa shape index (κ1) is 15.5. The van der Waals surface area contributed by atoms with Gasteiger partial charge in [-0.2, -0.15) is 0 Å². The van der Waals surface area contributed by atoms with Gasteiger partial charge in [0.2, 0.25) is 0 Å². The summed E-state index contributed by atoms with van der Waals surface area (Å²) in [6.07, 6.45) is 2.40. The summed E-state index contributed by atoms with van der Waals surface area (Å²) < 4.78 is 5.37. The molecule has 1 saturated heterocycles. The smallest absolute Gasteiger partial charge is 0.158 e. The molecule has 112 valence electrons. The van der Waals surface area contributed by atoms with Crippen LogP contribution in [-0.2, 0) is 11.3 Å². The molecule has 2 rings (SSSR count). The first-order valence-electron chi connectivity index (χ1n) is 7.12. The van der Waals surface area contributed by atoms with Gasteiger partial charge in [-0.1, -0.05) is 11.6 Å². The van der Waals surface area contributed by atoms with Crippen molar-refractivity contribution < 1.29 is 4.74 Å². The topological polar surface area (TPSA) is 41.5 Å². The van der Waals surface area contributed by atoms with Crippen LogP contribution < -0.4 is 4.90 Å². The van der Waals surface area contributed by atoms with E-state index in [0.717, 1.165) is 18.9 Å². The molecule has 1 atom stereocenters. The summed E-state index contributed by atoms with van der Waals surface area (Å²) in [6.45, 7) is 5.02. The van der Waals surface area contributed by atoms with E-state index in [1.165, 1.54) is 12.8 Å². The van der Waals surface area contributed by atoms with Crippen molar-refractivity contribution in [2.45, 2.75) is 32.4 Å². The predicted octanol–water partition coefficient (Wildman–Crippen LogP) is 2.20. The van der Waals surface area contributed by atoms with Gasteiger partial charge >= 0.3 is 0 Å². The number of piperidine rings is 1. The van der Waals surface area contributed by atoms with Crippen LogP contribution >= 0.6 is 11.6 Å². The van der Waals surface area contributed by atoms with Crippen LogP contribution in [0.15, 0.2) is 6.07 Å². The summed E-state index contributed by atoms with van der Waals surface area (Å²) in [4.78, 5) is 13.4. The zero-order valence-electron chi connectivity index (χ0n) is 12.5. The number of hydrogen-bond acceptors (Lipinski definition) is 5. The lowest BCUT2D eigenvalue weighted by Gasteiger charge is -2.36. The molecule has 20 heavy (non-hydrogen) atoms. The Morgan fingerprint density at radius 2 is 2.25 bits per heavy atom. The molecule has 0 aromatic carbocycles. The van der Waals surface area contributed by atoms with E-state index in [9.17, 15) is 0 Å². The molecule has 5 nitrogen and oxygen atoms in total. The lowest BCUT2D eigenvalue weighted by molar-refractivity contribution is 0.128. The van der Waals surface area contributed by atoms with Crippen molar-refractivity contribution in [1.29, 1.82) is 0 Å². The number of halogens is 1. The Morgan fingerprint density at radius 3 is 2.95 bits per heavy atom. The Hall–Kier alpha value is -0.910. The fourth-order valence-corrected chi connectivity index (χ4v) is 2.65. The molecule has 0 N–H and O–H groups in total. The molecule has 1 aromatic heterocycles. The van der Waals surface area contributed by atoms with E-state index in [-0.39, 0.29) is 0 Å². The molecule has 0 radical (unpaired) electrons. The second-order valence-corrected chi connectivity index (χ2v) is 5.70. The molecule has 1 fully saturated rings. The van der Waals surface area contributed by atoms with Gasteiger partial charge in [0.05, 0.1) is 0 Å². The molecular formula is C14H23ClN4O. The quantitative estimate of drug-likeness (QED) is 0.780. The van der Waals surface area contributed by atoms with E-state index in [2.05, 4.69) is 33.9 Å². The monoisotopic (exact) mass is 298 g/mol. The van der Waals surface area contributed by atoms with Gasteiger partial charge in [-0.3, -0.25) is 0 Å². The lowest BCUT2D eigenvalue weighted by Crippen LogP contribution is -2.45. The molecule has 0 bridgehead atoms. The second-order valence-electron chi connectivity index (χ2n) is 5.31. The highest BCUT2D eigenvalue weighted by molar-refractivity contribution is 6.29. The van der Waals surface area contributed by atoms with Crippen molar-refractivity contribution in [3.63, 3.8) is 0 Å². The van der Waals surface area contributed by atoms with Gasteiger partial charge in [0, 0.05) is 31.8 Å². The molecule has 6 heteroatoms. The van der Waals surface area contributed by atoms with Crippen molar-refractivity contribution in [1.82, 2.24) is 14.9 Å². The van der Waals surface area contributed by atoms with Crippen molar-refractivity contribution in [3.8, 4) is 0 Å². The molecule has 0 spiro atoms. The van der Waals surface area contributed by atoms with Crippen LogP contribution in [0.25, 0.3) is 0 Å². The molecule has 0 amide bonds. The maximum Gasteiger partial charge on any atom is 0.158 e. The minimum Gasteiger partial charge on any atom is -0.374 e. The van der Waals surface area contributed by atoms with Gasteiger partial charge in [-0.25, -0.2) is 9.97 Å². The molecule has 1 aromatic rings. The van der Waals surface area contributed by atoms with Gasteiger partial charge in [-0.15, -0.1) is 0 Å². The Bertz CT molecular complexity index is 441. The number of rotatable bonds is 5. The predicted molar refractivity (Wildman–Crippen MR) is 81.3 cm³/mol. The summed E-state index contributed by atoms with van der Waals surface area (Å²) in [5, 5.41) is 0.483. The Balaban J connectivity index is 2.12. The zero-order valence-corrected chi connectivity index (χ0v) is 13.2. The van der Waals surface area contributed by atoms with Gasteiger partial charge in [-0.05, 0) is 33.9 Å². The van der Waals surface area contributed by atoms with E-state index < -0.39 is 0 Å². The van der Waals surface area contributed by atoms with Crippen LogP contribution in [0.5, 0.6) is 0 Å². The van der Waals surface area contributed by atoms with Crippen LogP contribution in [0.4, 0.5) is 5.82 Å². The number of aromatic nitrogens is 2. The first-order chi connectivity index (χ1) is 9.60. The second kappa shape index (κ2) is 7.20. The standard InChI is InChI=1S/C14H23ClN4O/c1-4-20-10-13-16-12(15)8-14(17-13)19-7-5-6-11(9-19)18(2)3/h8,11H,4-7,9-10H2,1-3H3. The van der Waals surface area contributed by atoms with Crippen molar-refractivity contribution >= 4 is 17.4 Å². The van der Waals surface area contributed by atoms with Crippen molar-refractivity contribution in [2.24, 2.45) is 0 Å². The summed E-state index contributed by atoms with van der Waals surface area (Å²) in [5.41, 5.74) is 0. The number of ether oxygens (including phenoxy) is 1. The Morgan fingerprint density at radius 1 is 1.45 bits per heavy atom. The summed E-state index contributed by atoms with van der Waals surface area (Å²) in [5.74, 6) is 1.56. The summed E-state index contributed by atoms with van der Waals surface area (Å²) >= 11 is 6.10. The van der Waals surface area contributed by atoms with Gasteiger partial charge < -0.3 is 14.5 Å². The highest BCUT2D eigenvalue weighted by Crippen LogP contribution is 2.22. The molecular weight excluding hydrogens is 276 g/mol. The van der Waals surface area contributed by atoms with Crippen LogP contribution in [0.3, 0.4) is 0 Å². The fraction of sp³-hybridized carbons (Fsp3) is 0.714. The van der Waals surface area contributed by atoms with E-state index in [1.807, 2.05) is 13.0 Å². The summed E-state index contributed by atoms with van der Waals surface area (Å²) in [6, 6.07) is 2.41. The maximum atomic E-state index is 6.10. The first-order valence-corrected chi connectivity index (χ1v) is 7.50.